The molecule has 1 atom stereocenters. The normalized spacial score (nSPS) is 11.8. The molecule has 1 aromatic rings. The molecular formula is C14H20N2. The Kier molecular flexibility index (Phi) is 5.04. The van der Waals surface area contributed by atoms with Gasteiger partial charge in [0, 0.05) is 12.5 Å². The highest BCUT2D eigenvalue weighted by molar-refractivity contribution is 5.30. The van der Waals surface area contributed by atoms with Crippen molar-refractivity contribution in [3.05, 3.63) is 34.9 Å². The fourth-order valence-electron chi connectivity index (χ4n) is 1.63. The van der Waals surface area contributed by atoms with Gasteiger partial charge in [0.05, 0.1) is 0 Å². The molecule has 0 spiro atoms. The van der Waals surface area contributed by atoms with Crippen LogP contribution in [-0.4, -0.2) is 6.04 Å². The Morgan fingerprint density at radius 2 is 2.06 bits per heavy atom. The first-order valence-electron chi connectivity index (χ1n) is 5.59. The van der Waals surface area contributed by atoms with Crippen LogP contribution < -0.4 is 11.3 Å². The van der Waals surface area contributed by atoms with Crippen molar-refractivity contribution in [2.75, 3.05) is 0 Å². The summed E-state index contributed by atoms with van der Waals surface area (Å²) in [4.78, 5) is 0. The molecule has 1 unspecified atom stereocenters. The van der Waals surface area contributed by atoms with Crippen LogP contribution in [0, 0.1) is 25.7 Å². The zero-order valence-corrected chi connectivity index (χ0v) is 10.3. The van der Waals surface area contributed by atoms with Crippen molar-refractivity contribution in [1.29, 1.82) is 0 Å². The van der Waals surface area contributed by atoms with Gasteiger partial charge in [-0.25, -0.2) is 0 Å². The molecule has 0 aromatic heterocycles. The molecule has 3 N–H and O–H groups in total. The highest BCUT2D eigenvalue weighted by Crippen LogP contribution is 2.12. The third kappa shape index (κ3) is 3.69. The van der Waals surface area contributed by atoms with Crippen molar-refractivity contribution < 1.29 is 0 Å². The predicted molar refractivity (Wildman–Crippen MR) is 68.8 cm³/mol. The van der Waals surface area contributed by atoms with Gasteiger partial charge in [-0.2, -0.15) is 0 Å². The molecule has 0 fully saturated rings. The lowest BCUT2D eigenvalue weighted by Crippen LogP contribution is -2.36. The number of rotatable bonds is 4. The fraction of sp³-hybridized carbons (Fsp3) is 0.429. The molecule has 0 amide bonds. The first-order valence-corrected chi connectivity index (χ1v) is 5.59. The minimum absolute atomic E-state index is 0.231. The zero-order valence-electron chi connectivity index (χ0n) is 10.3. The Bertz CT molecular complexity index is 399. The van der Waals surface area contributed by atoms with Crippen molar-refractivity contribution in [3.8, 4) is 11.8 Å². The van der Waals surface area contributed by atoms with E-state index in [2.05, 4.69) is 49.3 Å². The molecule has 0 aliphatic rings. The standard InChI is InChI=1S/C14H20N2/c1-4-5-6-14(16-15)10-13-8-7-11(2)12(3)9-13/h7-9,14,16H,6,10,15H2,1-3H3. The molecule has 1 rings (SSSR count). The van der Waals surface area contributed by atoms with Crippen LogP contribution >= 0.6 is 0 Å². The molecule has 1 aromatic carbocycles. The first kappa shape index (κ1) is 12.8. The average Bonchev–Trinajstić information content (AvgIpc) is 2.29. The Hall–Kier alpha value is -1.30. The Morgan fingerprint density at radius 1 is 1.31 bits per heavy atom. The summed E-state index contributed by atoms with van der Waals surface area (Å²) in [5.41, 5.74) is 6.78. The van der Waals surface area contributed by atoms with Crippen molar-refractivity contribution in [1.82, 2.24) is 5.43 Å². The third-order valence-electron chi connectivity index (χ3n) is 2.81. The number of nitrogens with two attached hydrogens (primary N) is 1. The summed E-state index contributed by atoms with van der Waals surface area (Å²) in [7, 11) is 0. The molecule has 2 heteroatoms. The molecule has 0 radical (unpaired) electrons. The Morgan fingerprint density at radius 3 is 2.62 bits per heavy atom. The van der Waals surface area contributed by atoms with Gasteiger partial charge in [0.2, 0.25) is 0 Å². The second kappa shape index (κ2) is 6.32. The van der Waals surface area contributed by atoms with Gasteiger partial charge in [-0.05, 0) is 43.9 Å². The van der Waals surface area contributed by atoms with Gasteiger partial charge in [0.15, 0.2) is 0 Å². The fourth-order valence-corrected chi connectivity index (χ4v) is 1.63. The maximum Gasteiger partial charge on any atom is 0.0360 e. The van der Waals surface area contributed by atoms with Gasteiger partial charge < -0.3 is 0 Å². The van der Waals surface area contributed by atoms with E-state index in [9.17, 15) is 0 Å². The van der Waals surface area contributed by atoms with Crippen LogP contribution in [0.3, 0.4) is 0 Å². The number of hydrazine groups is 1. The van der Waals surface area contributed by atoms with E-state index in [1.165, 1.54) is 16.7 Å². The van der Waals surface area contributed by atoms with Crippen LogP contribution in [0.1, 0.15) is 30.0 Å². The summed E-state index contributed by atoms with van der Waals surface area (Å²) in [6, 6.07) is 6.77. The highest BCUT2D eigenvalue weighted by Gasteiger charge is 2.06. The lowest BCUT2D eigenvalue weighted by atomic mass is 10.00. The number of aryl methyl sites for hydroxylation is 2. The van der Waals surface area contributed by atoms with Gasteiger partial charge >= 0.3 is 0 Å². The average molecular weight is 216 g/mol. The SMILES string of the molecule is CC#CCC(Cc1ccc(C)c(C)c1)NN. The molecular weight excluding hydrogens is 196 g/mol. The monoisotopic (exact) mass is 216 g/mol. The van der Waals surface area contributed by atoms with Crippen LogP contribution in [0.4, 0.5) is 0 Å². The van der Waals surface area contributed by atoms with E-state index < -0.39 is 0 Å². The van der Waals surface area contributed by atoms with E-state index in [1.807, 2.05) is 6.92 Å². The summed E-state index contributed by atoms with van der Waals surface area (Å²) in [6.45, 7) is 6.11. The lowest BCUT2D eigenvalue weighted by Gasteiger charge is -2.13. The van der Waals surface area contributed by atoms with E-state index >= 15 is 0 Å². The first-order chi connectivity index (χ1) is 7.67. The second-order valence-corrected chi connectivity index (χ2v) is 4.12. The maximum absolute atomic E-state index is 5.51. The Labute approximate surface area is 98.2 Å². The highest BCUT2D eigenvalue weighted by atomic mass is 15.2. The van der Waals surface area contributed by atoms with Crippen LogP contribution in [0.25, 0.3) is 0 Å². The van der Waals surface area contributed by atoms with Gasteiger partial charge in [-0.3, -0.25) is 11.3 Å². The molecule has 0 saturated heterocycles. The van der Waals surface area contributed by atoms with Crippen LogP contribution in [0.5, 0.6) is 0 Å². The molecule has 0 bridgehead atoms. The van der Waals surface area contributed by atoms with Gasteiger partial charge in [0.1, 0.15) is 0 Å². The van der Waals surface area contributed by atoms with Gasteiger partial charge in [0.25, 0.3) is 0 Å². The minimum Gasteiger partial charge on any atom is -0.271 e. The summed E-state index contributed by atoms with van der Waals surface area (Å²) in [5.74, 6) is 11.5. The lowest BCUT2D eigenvalue weighted by molar-refractivity contribution is 0.536. The van der Waals surface area contributed by atoms with Crippen molar-refractivity contribution in [2.24, 2.45) is 5.84 Å². The number of hydrogen-bond acceptors (Lipinski definition) is 2. The van der Waals surface area contributed by atoms with E-state index in [4.69, 9.17) is 5.84 Å². The van der Waals surface area contributed by atoms with Crippen molar-refractivity contribution in [3.63, 3.8) is 0 Å². The summed E-state index contributed by atoms with van der Waals surface area (Å²) in [6.07, 6.45) is 1.71. The van der Waals surface area contributed by atoms with Crippen LogP contribution in [0.2, 0.25) is 0 Å². The van der Waals surface area contributed by atoms with E-state index in [0.29, 0.717) is 0 Å². The van der Waals surface area contributed by atoms with E-state index in [1.54, 1.807) is 0 Å². The maximum atomic E-state index is 5.51. The molecule has 0 aliphatic heterocycles. The largest absolute Gasteiger partial charge is 0.271 e. The predicted octanol–water partition coefficient (Wildman–Crippen LogP) is 2.09. The van der Waals surface area contributed by atoms with E-state index in [0.717, 1.165) is 12.8 Å². The minimum atomic E-state index is 0.231. The van der Waals surface area contributed by atoms with Crippen LogP contribution in [0.15, 0.2) is 18.2 Å². The molecule has 0 heterocycles. The number of hydrogen-bond donors (Lipinski definition) is 2. The molecule has 2 nitrogen and oxygen atoms in total. The van der Waals surface area contributed by atoms with Gasteiger partial charge in [-0.15, -0.1) is 11.8 Å². The van der Waals surface area contributed by atoms with Crippen LogP contribution in [-0.2, 0) is 6.42 Å². The topological polar surface area (TPSA) is 38.0 Å². The van der Waals surface area contributed by atoms with E-state index in [-0.39, 0.29) is 6.04 Å². The van der Waals surface area contributed by atoms with Crippen molar-refractivity contribution >= 4 is 0 Å². The zero-order chi connectivity index (χ0) is 12.0. The summed E-state index contributed by atoms with van der Waals surface area (Å²) >= 11 is 0. The Balaban J connectivity index is 2.69. The second-order valence-electron chi connectivity index (χ2n) is 4.12. The molecule has 0 aliphatic carbocycles. The quantitative estimate of drug-likeness (QED) is 0.459. The van der Waals surface area contributed by atoms with Gasteiger partial charge in [-0.1, -0.05) is 18.2 Å². The molecule has 16 heavy (non-hydrogen) atoms. The summed E-state index contributed by atoms with van der Waals surface area (Å²) in [5, 5.41) is 0. The number of nitrogens with one attached hydrogen (secondary N) is 1. The molecule has 0 saturated carbocycles. The van der Waals surface area contributed by atoms with Crippen molar-refractivity contribution in [2.45, 2.75) is 39.7 Å². The number of benzene rings is 1. The summed E-state index contributed by atoms with van der Waals surface area (Å²) < 4.78 is 0. The smallest absolute Gasteiger partial charge is 0.0360 e. The molecule has 86 valence electrons. The third-order valence-corrected chi connectivity index (χ3v) is 2.81.